The molecule has 1 amide bonds. The lowest BCUT2D eigenvalue weighted by Crippen LogP contribution is -2.15. The molecule has 1 aliphatic carbocycles. The van der Waals surface area contributed by atoms with Crippen LogP contribution in [0.1, 0.15) is 23.2 Å². The van der Waals surface area contributed by atoms with Crippen LogP contribution in [-0.4, -0.2) is 19.0 Å². The number of nitrogens with one attached hydrogen (secondary N) is 1. The Kier molecular flexibility index (Phi) is 2.99. The Balaban J connectivity index is 2.19. The van der Waals surface area contributed by atoms with Gasteiger partial charge in [-0.15, -0.1) is 0 Å². The molecule has 0 heterocycles. The molecule has 1 saturated carbocycles. The van der Waals surface area contributed by atoms with E-state index in [0.29, 0.717) is 16.9 Å². The molecule has 5 nitrogen and oxygen atoms in total. The summed E-state index contributed by atoms with van der Waals surface area (Å²) < 4.78 is 4.60. The number of hydrogen-bond donors (Lipinski definition) is 2. The number of esters is 1. The van der Waals surface area contributed by atoms with Crippen LogP contribution < -0.4 is 11.1 Å². The molecule has 0 aromatic heterocycles. The quantitative estimate of drug-likeness (QED) is 0.612. The summed E-state index contributed by atoms with van der Waals surface area (Å²) in [7, 11) is 1.31. The van der Waals surface area contributed by atoms with Crippen molar-refractivity contribution in [3.8, 4) is 0 Å². The second kappa shape index (κ2) is 4.45. The largest absolute Gasteiger partial charge is 0.465 e. The summed E-state index contributed by atoms with van der Waals surface area (Å²) in [6.45, 7) is 0. The predicted octanol–water partition coefficient (Wildman–Crippen LogP) is 1.40. The van der Waals surface area contributed by atoms with Gasteiger partial charge < -0.3 is 15.8 Å². The first-order valence-electron chi connectivity index (χ1n) is 5.40. The Bertz CT molecular complexity index is 467. The van der Waals surface area contributed by atoms with E-state index in [1.807, 2.05) is 0 Å². The van der Waals surface area contributed by atoms with Crippen molar-refractivity contribution in [1.29, 1.82) is 0 Å². The molecule has 0 saturated heterocycles. The second-order valence-electron chi connectivity index (χ2n) is 4.06. The van der Waals surface area contributed by atoms with Crippen LogP contribution in [0.25, 0.3) is 0 Å². The number of rotatable bonds is 3. The molecule has 0 atom stereocenters. The zero-order chi connectivity index (χ0) is 12.4. The average Bonchev–Trinajstić information content (AvgIpc) is 3.14. The van der Waals surface area contributed by atoms with Gasteiger partial charge in [-0.2, -0.15) is 0 Å². The highest BCUT2D eigenvalue weighted by molar-refractivity contribution is 5.99. The number of hydrogen-bond acceptors (Lipinski definition) is 4. The highest BCUT2D eigenvalue weighted by Crippen LogP contribution is 2.31. The molecule has 0 spiro atoms. The minimum atomic E-state index is -0.452. The summed E-state index contributed by atoms with van der Waals surface area (Å²) in [5.41, 5.74) is 7.00. The fourth-order valence-electron chi connectivity index (χ4n) is 1.49. The van der Waals surface area contributed by atoms with Crippen LogP contribution in [0.4, 0.5) is 11.4 Å². The van der Waals surface area contributed by atoms with Crippen LogP contribution in [0, 0.1) is 5.92 Å². The van der Waals surface area contributed by atoms with Crippen molar-refractivity contribution in [3.05, 3.63) is 23.8 Å². The van der Waals surface area contributed by atoms with Gasteiger partial charge in [0.05, 0.1) is 24.0 Å². The third-order valence-corrected chi connectivity index (χ3v) is 2.68. The zero-order valence-electron chi connectivity index (χ0n) is 9.53. The van der Waals surface area contributed by atoms with E-state index in [9.17, 15) is 9.59 Å². The van der Waals surface area contributed by atoms with Crippen molar-refractivity contribution in [1.82, 2.24) is 0 Å². The van der Waals surface area contributed by atoms with Crippen molar-refractivity contribution < 1.29 is 14.3 Å². The van der Waals surface area contributed by atoms with Gasteiger partial charge in [-0.25, -0.2) is 4.79 Å². The standard InChI is InChI=1S/C12H14N2O3/c1-17-12(16)8-4-5-9(13)10(6-8)14-11(15)7-2-3-7/h4-7H,2-3,13H2,1H3,(H,14,15). The van der Waals surface area contributed by atoms with Gasteiger partial charge in [0.25, 0.3) is 0 Å². The Morgan fingerprint density at radius 2 is 2.12 bits per heavy atom. The monoisotopic (exact) mass is 234 g/mol. The third-order valence-electron chi connectivity index (χ3n) is 2.68. The lowest BCUT2D eigenvalue weighted by Gasteiger charge is -2.09. The van der Waals surface area contributed by atoms with E-state index >= 15 is 0 Å². The highest BCUT2D eigenvalue weighted by Gasteiger charge is 2.29. The van der Waals surface area contributed by atoms with Crippen molar-refractivity contribution in [2.45, 2.75) is 12.8 Å². The van der Waals surface area contributed by atoms with Crippen molar-refractivity contribution in [2.75, 3.05) is 18.2 Å². The second-order valence-corrected chi connectivity index (χ2v) is 4.06. The van der Waals surface area contributed by atoms with Crippen LogP contribution in [-0.2, 0) is 9.53 Å². The first-order valence-corrected chi connectivity index (χ1v) is 5.40. The van der Waals surface area contributed by atoms with Crippen LogP contribution in [0.15, 0.2) is 18.2 Å². The molecule has 0 unspecified atom stereocenters. The number of amides is 1. The summed E-state index contributed by atoms with van der Waals surface area (Å²) in [6.07, 6.45) is 1.84. The van der Waals surface area contributed by atoms with E-state index < -0.39 is 5.97 Å². The number of nitrogen functional groups attached to an aromatic ring is 1. The number of methoxy groups -OCH3 is 1. The number of benzene rings is 1. The maximum Gasteiger partial charge on any atom is 0.337 e. The van der Waals surface area contributed by atoms with Gasteiger partial charge in [0, 0.05) is 5.92 Å². The van der Waals surface area contributed by atoms with E-state index in [2.05, 4.69) is 10.1 Å². The van der Waals surface area contributed by atoms with Gasteiger partial charge in [0.15, 0.2) is 0 Å². The Labute approximate surface area is 98.9 Å². The Hall–Kier alpha value is -2.04. The number of anilines is 2. The molecule has 1 fully saturated rings. The van der Waals surface area contributed by atoms with Crippen molar-refractivity contribution >= 4 is 23.3 Å². The lowest BCUT2D eigenvalue weighted by atomic mass is 10.1. The molecule has 0 bridgehead atoms. The Morgan fingerprint density at radius 1 is 1.41 bits per heavy atom. The number of carbonyl (C=O) groups excluding carboxylic acids is 2. The topological polar surface area (TPSA) is 81.4 Å². The summed E-state index contributed by atoms with van der Waals surface area (Å²) in [5, 5.41) is 2.72. The van der Waals surface area contributed by atoms with Gasteiger partial charge in [0.2, 0.25) is 5.91 Å². The smallest absolute Gasteiger partial charge is 0.337 e. The molecule has 17 heavy (non-hydrogen) atoms. The first kappa shape index (κ1) is 11.4. The number of nitrogens with two attached hydrogens (primary N) is 1. The lowest BCUT2D eigenvalue weighted by molar-refractivity contribution is -0.117. The summed E-state index contributed by atoms with van der Waals surface area (Å²) in [5.74, 6) is -0.401. The fraction of sp³-hybridized carbons (Fsp3) is 0.333. The maximum atomic E-state index is 11.6. The molecule has 5 heteroatoms. The molecule has 90 valence electrons. The average molecular weight is 234 g/mol. The van der Waals surface area contributed by atoms with E-state index in [4.69, 9.17) is 5.73 Å². The van der Waals surface area contributed by atoms with Gasteiger partial charge in [-0.1, -0.05) is 0 Å². The van der Waals surface area contributed by atoms with Crippen LogP contribution in [0.2, 0.25) is 0 Å². The minimum Gasteiger partial charge on any atom is -0.465 e. The van der Waals surface area contributed by atoms with E-state index in [1.165, 1.54) is 13.2 Å². The first-order chi connectivity index (χ1) is 8.11. The van der Waals surface area contributed by atoms with E-state index in [-0.39, 0.29) is 11.8 Å². The molecule has 1 aromatic rings. The van der Waals surface area contributed by atoms with Crippen LogP contribution in [0.3, 0.4) is 0 Å². The van der Waals surface area contributed by atoms with E-state index in [1.54, 1.807) is 12.1 Å². The van der Waals surface area contributed by atoms with Crippen LogP contribution >= 0.6 is 0 Å². The van der Waals surface area contributed by atoms with Crippen molar-refractivity contribution in [3.63, 3.8) is 0 Å². The van der Waals surface area contributed by atoms with Crippen molar-refractivity contribution in [2.24, 2.45) is 5.92 Å². The molecule has 0 radical (unpaired) electrons. The van der Waals surface area contributed by atoms with Gasteiger partial charge in [-0.05, 0) is 31.0 Å². The Morgan fingerprint density at radius 3 is 2.71 bits per heavy atom. The van der Waals surface area contributed by atoms with Gasteiger partial charge in [-0.3, -0.25) is 4.79 Å². The number of carbonyl (C=O) groups is 2. The fourth-order valence-corrected chi connectivity index (χ4v) is 1.49. The van der Waals surface area contributed by atoms with Crippen LogP contribution in [0.5, 0.6) is 0 Å². The SMILES string of the molecule is COC(=O)c1ccc(N)c(NC(=O)C2CC2)c1. The molecular formula is C12H14N2O3. The molecular weight excluding hydrogens is 220 g/mol. The molecule has 1 aromatic carbocycles. The summed E-state index contributed by atoms with van der Waals surface area (Å²) >= 11 is 0. The maximum absolute atomic E-state index is 11.6. The van der Waals surface area contributed by atoms with Gasteiger partial charge in [0.1, 0.15) is 0 Å². The molecule has 0 aliphatic heterocycles. The normalized spacial score (nSPS) is 14.2. The third kappa shape index (κ3) is 2.55. The van der Waals surface area contributed by atoms with E-state index in [0.717, 1.165) is 12.8 Å². The predicted molar refractivity (Wildman–Crippen MR) is 63.5 cm³/mol. The molecule has 1 aliphatic rings. The van der Waals surface area contributed by atoms with Gasteiger partial charge >= 0.3 is 5.97 Å². The number of ether oxygens (including phenoxy) is 1. The highest BCUT2D eigenvalue weighted by atomic mass is 16.5. The zero-order valence-corrected chi connectivity index (χ0v) is 9.53. The summed E-state index contributed by atoms with van der Waals surface area (Å²) in [6, 6.07) is 4.67. The molecule has 2 rings (SSSR count). The minimum absolute atomic E-state index is 0.0429. The molecule has 3 N–H and O–H groups in total. The summed E-state index contributed by atoms with van der Waals surface area (Å²) in [4.78, 5) is 22.9.